The number of amides is 2. The average Bonchev–Trinajstić information content (AvgIpc) is 2.83. The standard InChI is InChI=1S/C22H28F2N8O3/c1-12(33)32-5-3-16(15(25)11-32)28-21-14(23)10-13(19(26)34)20(30-21)29-17-2-4-27-22(18(17)24)31-6-8-35-9-7-31/h2,4,10,15-16H,3,5-9,11,25H2,1H3,(H2,26,34)(H2,27,28,29,30)/t15-,16+/m1/s1. The molecule has 4 rings (SSSR count). The van der Waals surface area contributed by atoms with Crippen LogP contribution in [0.15, 0.2) is 18.3 Å². The van der Waals surface area contributed by atoms with E-state index in [-0.39, 0.29) is 40.7 Å². The summed E-state index contributed by atoms with van der Waals surface area (Å²) in [4.78, 5) is 35.3. The van der Waals surface area contributed by atoms with Crippen molar-refractivity contribution in [3.8, 4) is 0 Å². The highest BCUT2D eigenvalue weighted by atomic mass is 19.1. The van der Waals surface area contributed by atoms with Gasteiger partial charge in [0.1, 0.15) is 5.82 Å². The second-order valence-electron chi connectivity index (χ2n) is 8.47. The highest BCUT2D eigenvalue weighted by Gasteiger charge is 2.29. The topological polar surface area (TPSA) is 152 Å². The Kier molecular flexibility index (Phi) is 7.26. The normalized spacial score (nSPS) is 20.5. The minimum absolute atomic E-state index is 0.000479. The van der Waals surface area contributed by atoms with Crippen LogP contribution in [0, 0.1) is 11.6 Å². The molecule has 6 N–H and O–H groups in total. The van der Waals surface area contributed by atoms with Crippen LogP contribution in [0.3, 0.4) is 0 Å². The van der Waals surface area contributed by atoms with Gasteiger partial charge in [-0.2, -0.15) is 0 Å². The number of nitrogens with two attached hydrogens (primary N) is 2. The van der Waals surface area contributed by atoms with E-state index in [0.717, 1.165) is 6.07 Å². The van der Waals surface area contributed by atoms with E-state index in [4.69, 9.17) is 16.2 Å². The van der Waals surface area contributed by atoms with Gasteiger partial charge >= 0.3 is 0 Å². The van der Waals surface area contributed by atoms with E-state index in [1.807, 2.05) is 0 Å². The minimum atomic E-state index is -0.931. The molecule has 2 saturated heterocycles. The molecule has 2 atom stereocenters. The van der Waals surface area contributed by atoms with Gasteiger partial charge in [0.2, 0.25) is 5.91 Å². The Balaban J connectivity index is 1.60. The number of aromatic nitrogens is 2. The third-order valence-corrected chi connectivity index (χ3v) is 6.10. The Morgan fingerprint density at radius 3 is 2.60 bits per heavy atom. The molecule has 0 spiro atoms. The van der Waals surface area contributed by atoms with Crippen molar-refractivity contribution in [3.05, 3.63) is 35.5 Å². The third-order valence-electron chi connectivity index (χ3n) is 6.10. The molecule has 188 valence electrons. The molecule has 4 heterocycles. The lowest BCUT2D eigenvalue weighted by Crippen LogP contribution is -2.55. The average molecular weight is 491 g/mol. The van der Waals surface area contributed by atoms with Crippen LogP contribution in [0.1, 0.15) is 23.7 Å². The first kappa shape index (κ1) is 24.5. The molecule has 0 aromatic carbocycles. The van der Waals surface area contributed by atoms with Crippen LogP contribution in [-0.2, 0) is 9.53 Å². The number of ether oxygens (including phenoxy) is 1. The Bertz CT molecular complexity index is 1110. The smallest absolute Gasteiger partial charge is 0.252 e. The molecule has 2 aliphatic heterocycles. The molecule has 0 unspecified atom stereocenters. The number of nitrogens with one attached hydrogen (secondary N) is 2. The molecule has 13 heteroatoms. The van der Waals surface area contributed by atoms with E-state index < -0.39 is 23.6 Å². The summed E-state index contributed by atoms with van der Waals surface area (Å²) < 4.78 is 35.4. The van der Waals surface area contributed by atoms with E-state index in [0.29, 0.717) is 45.8 Å². The SMILES string of the molecule is CC(=O)N1CC[C@H](Nc2nc(Nc3ccnc(N4CCOCC4)c3F)c(C(N)=O)cc2F)[C@H](N)C1. The van der Waals surface area contributed by atoms with Gasteiger partial charge in [-0.3, -0.25) is 9.59 Å². The fraction of sp³-hybridized carbons (Fsp3) is 0.455. The molecule has 0 aliphatic carbocycles. The lowest BCUT2D eigenvalue weighted by Gasteiger charge is -2.36. The molecule has 0 bridgehead atoms. The van der Waals surface area contributed by atoms with E-state index in [1.54, 1.807) is 9.80 Å². The zero-order valence-corrected chi connectivity index (χ0v) is 19.3. The molecule has 2 aromatic heterocycles. The highest BCUT2D eigenvalue weighted by Crippen LogP contribution is 2.29. The zero-order chi connectivity index (χ0) is 25.1. The van der Waals surface area contributed by atoms with Crippen LogP contribution in [0.25, 0.3) is 0 Å². The monoisotopic (exact) mass is 490 g/mol. The number of nitrogens with zero attached hydrogens (tertiary/aromatic N) is 4. The summed E-state index contributed by atoms with van der Waals surface area (Å²) in [6, 6.07) is 1.49. The number of halogens is 2. The number of carbonyl (C=O) groups is 2. The van der Waals surface area contributed by atoms with Crippen molar-refractivity contribution >= 4 is 35.0 Å². The molecule has 2 aliphatic rings. The van der Waals surface area contributed by atoms with Crippen LogP contribution >= 0.6 is 0 Å². The van der Waals surface area contributed by atoms with Gasteiger partial charge in [-0.05, 0) is 18.6 Å². The summed E-state index contributed by atoms with van der Waals surface area (Å²) in [6.45, 7) is 4.09. The summed E-state index contributed by atoms with van der Waals surface area (Å²) in [5.41, 5.74) is 11.4. The van der Waals surface area contributed by atoms with Gasteiger partial charge < -0.3 is 36.6 Å². The van der Waals surface area contributed by atoms with Crippen molar-refractivity contribution in [2.45, 2.75) is 25.4 Å². The van der Waals surface area contributed by atoms with Crippen LogP contribution in [-0.4, -0.2) is 78.2 Å². The van der Waals surface area contributed by atoms with Crippen molar-refractivity contribution in [2.75, 3.05) is 54.9 Å². The summed E-state index contributed by atoms with van der Waals surface area (Å²) in [5, 5.41) is 5.72. The van der Waals surface area contributed by atoms with Crippen LogP contribution < -0.4 is 27.0 Å². The van der Waals surface area contributed by atoms with Gasteiger partial charge in [0, 0.05) is 51.4 Å². The molecule has 0 saturated carbocycles. The molecule has 2 amide bonds. The lowest BCUT2D eigenvalue weighted by molar-refractivity contribution is -0.130. The molecular weight excluding hydrogens is 462 g/mol. The fourth-order valence-corrected chi connectivity index (χ4v) is 4.15. The summed E-state index contributed by atoms with van der Waals surface area (Å²) >= 11 is 0. The van der Waals surface area contributed by atoms with Crippen molar-refractivity contribution in [3.63, 3.8) is 0 Å². The second kappa shape index (κ2) is 10.4. The first-order valence-corrected chi connectivity index (χ1v) is 11.3. The number of hydrogen-bond acceptors (Lipinski definition) is 9. The Hall–Kier alpha value is -3.58. The number of pyridine rings is 2. The molecule has 0 radical (unpaired) electrons. The number of primary amides is 1. The second-order valence-corrected chi connectivity index (χ2v) is 8.47. The fourth-order valence-electron chi connectivity index (χ4n) is 4.15. The number of anilines is 4. The van der Waals surface area contributed by atoms with Gasteiger partial charge in [0.05, 0.1) is 24.5 Å². The summed E-state index contributed by atoms with van der Waals surface area (Å²) in [5.74, 6) is -2.64. The number of rotatable bonds is 6. The van der Waals surface area contributed by atoms with E-state index in [9.17, 15) is 14.0 Å². The van der Waals surface area contributed by atoms with Gasteiger partial charge in [-0.15, -0.1) is 0 Å². The largest absolute Gasteiger partial charge is 0.378 e. The maximum atomic E-state index is 15.3. The first-order valence-electron chi connectivity index (χ1n) is 11.3. The first-order chi connectivity index (χ1) is 16.7. The van der Waals surface area contributed by atoms with Crippen molar-refractivity contribution in [2.24, 2.45) is 11.5 Å². The van der Waals surface area contributed by atoms with Crippen LogP contribution in [0.4, 0.5) is 31.9 Å². The predicted octanol–water partition coefficient (Wildman–Crippen LogP) is 0.794. The van der Waals surface area contributed by atoms with Crippen LogP contribution in [0.5, 0.6) is 0 Å². The number of likely N-dealkylation sites (tertiary alicyclic amines) is 1. The number of hydrogen-bond donors (Lipinski definition) is 4. The van der Waals surface area contributed by atoms with Gasteiger partial charge in [0.15, 0.2) is 23.3 Å². The Morgan fingerprint density at radius 1 is 1.20 bits per heavy atom. The lowest BCUT2D eigenvalue weighted by atomic mass is 10.00. The molecule has 11 nitrogen and oxygen atoms in total. The summed E-state index contributed by atoms with van der Waals surface area (Å²) in [6.07, 6.45) is 1.90. The molecule has 35 heavy (non-hydrogen) atoms. The van der Waals surface area contributed by atoms with Crippen molar-refractivity contribution < 1.29 is 23.1 Å². The van der Waals surface area contributed by atoms with Gasteiger partial charge in [-0.25, -0.2) is 18.7 Å². The third kappa shape index (κ3) is 5.41. The molecule has 2 fully saturated rings. The van der Waals surface area contributed by atoms with Crippen molar-refractivity contribution in [1.82, 2.24) is 14.9 Å². The Morgan fingerprint density at radius 2 is 1.94 bits per heavy atom. The number of piperidine rings is 1. The molecule has 2 aromatic rings. The quantitative estimate of drug-likeness (QED) is 0.461. The van der Waals surface area contributed by atoms with Gasteiger partial charge in [-0.1, -0.05) is 0 Å². The zero-order valence-electron chi connectivity index (χ0n) is 19.3. The van der Waals surface area contributed by atoms with Crippen molar-refractivity contribution in [1.29, 1.82) is 0 Å². The highest BCUT2D eigenvalue weighted by molar-refractivity contribution is 5.98. The maximum absolute atomic E-state index is 15.3. The molecular formula is C22H28F2N8O3. The minimum Gasteiger partial charge on any atom is -0.378 e. The Labute approximate surface area is 200 Å². The van der Waals surface area contributed by atoms with E-state index >= 15 is 4.39 Å². The number of carbonyl (C=O) groups excluding carboxylic acids is 2. The van der Waals surface area contributed by atoms with E-state index in [1.165, 1.54) is 19.2 Å². The van der Waals surface area contributed by atoms with Gasteiger partial charge in [0.25, 0.3) is 5.91 Å². The van der Waals surface area contributed by atoms with Crippen LogP contribution in [0.2, 0.25) is 0 Å². The number of morpholine rings is 1. The maximum Gasteiger partial charge on any atom is 0.252 e. The summed E-state index contributed by atoms with van der Waals surface area (Å²) in [7, 11) is 0. The predicted molar refractivity (Wildman–Crippen MR) is 125 cm³/mol. The van der Waals surface area contributed by atoms with E-state index in [2.05, 4.69) is 20.6 Å².